The Morgan fingerprint density at radius 3 is 2.53 bits per heavy atom. The monoisotopic (exact) mass is 488 g/mol. The Balaban J connectivity index is 1.63. The molecule has 2 aromatic heterocycles. The SMILES string of the molecule is COc1cc(N(C)CCN(C)C)c(N)cc1Nc1nccc(-c2ccc3nc(C)n(C(C)C)c3c2)n1. The molecule has 0 spiro atoms. The number of fused-ring (bicyclic) bond motifs is 1. The normalized spacial score (nSPS) is 11.5. The maximum absolute atomic E-state index is 6.42. The molecule has 4 rings (SSSR count). The van der Waals surface area contributed by atoms with Crippen molar-refractivity contribution in [1.82, 2.24) is 24.4 Å². The standard InChI is InChI=1S/C27H36N8O/c1-17(2)35-18(3)30-22-9-8-19(14-25(22)35)21-10-11-29-27(31-21)32-23-15-20(28)24(16-26(23)36-7)34(6)13-12-33(4)5/h8-11,14-17H,12-13,28H2,1-7H3,(H,29,31,32). The maximum Gasteiger partial charge on any atom is 0.227 e. The highest BCUT2D eigenvalue weighted by Crippen LogP contribution is 2.36. The van der Waals surface area contributed by atoms with E-state index in [1.807, 2.05) is 44.3 Å². The summed E-state index contributed by atoms with van der Waals surface area (Å²) in [6.07, 6.45) is 1.75. The van der Waals surface area contributed by atoms with Gasteiger partial charge in [0.2, 0.25) is 5.95 Å². The average molecular weight is 489 g/mol. The second-order valence-electron chi connectivity index (χ2n) is 9.55. The van der Waals surface area contributed by atoms with Crippen molar-refractivity contribution in [1.29, 1.82) is 0 Å². The molecule has 0 aliphatic carbocycles. The predicted molar refractivity (Wildman–Crippen MR) is 148 cm³/mol. The highest BCUT2D eigenvalue weighted by atomic mass is 16.5. The third-order valence-corrected chi connectivity index (χ3v) is 6.22. The van der Waals surface area contributed by atoms with Crippen LogP contribution in [0.1, 0.15) is 25.7 Å². The lowest BCUT2D eigenvalue weighted by Crippen LogP contribution is -2.29. The largest absolute Gasteiger partial charge is 0.494 e. The van der Waals surface area contributed by atoms with Crippen LogP contribution in [0, 0.1) is 6.92 Å². The zero-order valence-corrected chi connectivity index (χ0v) is 22.2. The van der Waals surface area contributed by atoms with Gasteiger partial charge in [0.25, 0.3) is 0 Å². The van der Waals surface area contributed by atoms with Crippen LogP contribution in [0.25, 0.3) is 22.3 Å². The van der Waals surface area contributed by atoms with E-state index in [-0.39, 0.29) is 0 Å². The summed E-state index contributed by atoms with van der Waals surface area (Å²) in [6, 6.07) is 12.3. The summed E-state index contributed by atoms with van der Waals surface area (Å²) < 4.78 is 7.91. The van der Waals surface area contributed by atoms with Crippen LogP contribution >= 0.6 is 0 Å². The number of nitrogens with zero attached hydrogens (tertiary/aromatic N) is 6. The number of hydrogen-bond acceptors (Lipinski definition) is 8. The Bertz CT molecular complexity index is 1360. The summed E-state index contributed by atoms with van der Waals surface area (Å²) in [7, 11) is 7.78. The Kier molecular flexibility index (Phi) is 7.30. The van der Waals surface area contributed by atoms with E-state index in [1.165, 1.54) is 0 Å². The summed E-state index contributed by atoms with van der Waals surface area (Å²) in [6.45, 7) is 8.13. The number of likely N-dealkylation sites (N-methyl/N-ethyl adjacent to an activating group) is 2. The van der Waals surface area contributed by atoms with Crippen molar-refractivity contribution >= 4 is 34.0 Å². The van der Waals surface area contributed by atoms with Crippen molar-refractivity contribution in [2.45, 2.75) is 26.8 Å². The number of aromatic nitrogens is 4. The highest BCUT2D eigenvalue weighted by Gasteiger charge is 2.15. The van der Waals surface area contributed by atoms with Gasteiger partial charge in [-0.2, -0.15) is 0 Å². The minimum atomic E-state index is 0.315. The van der Waals surface area contributed by atoms with Gasteiger partial charge in [0.05, 0.1) is 40.9 Å². The minimum Gasteiger partial charge on any atom is -0.494 e. The molecule has 0 atom stereocenters. The first-order valence-corrected chi connectivity index (χ1v) is 12.1. The number of methoxy groups -OCH3 is 1. The van der Waals surface area contributed by atoms with Gasteiger partial charge in [-0.25, -0.2) is 15.0 Å². The van der Waals surface area contributed by atoms with Crippen molar-refractivity contribution in [2.75, 3.05) is 57.3 Å². The first kappa shape index (κ1) is 25.2. The van der Waals surface area contributed by atoms with Crippen molar-refractivity contribution in [3.63, 3.8) is 0 Å². The number of ether oxygens (including phenoxy) is 1. The van der Waals surface area contributed by atoms with Gasteiger partial charge in [0, 0.05) is 44.0 Å². The molecule has 9 heteroatoms. The van der Waals surface area contributed by atoms with Gasteiger partial charge in [0.15, 0.2) is 0 Å². The summed E-state index contributed by atoms with van der Waals surface area (Å²) in [5, 5.41) is 3.29. The van der Waals surface area contributed by atoms with Crippen LogP contribution in [0.4, 0.5) is 23.0 Å². The fraction of sp³-hybridized carbons (Fsp3) is 0.370. The smallest absolute Gasteiger partial charge is 0.227 e. The fourth-order valence-corrected chi connectivity index (χ4v) is 4.38. The average Bonchev–Trinajstić information content (AvgIpc) is 3.18. The van der Waals surface area contributed by atoms with Crippen molar-refractivity contribution in [2.24, 2.45) is 0 Å². The minimum absolute atomic E-state index is 0.315. The Morgan fingerprint density at radius 1 is 1.06 bits per heavy atom. The van der Waals surface area contributed by atoms with Crippen molar-refractivity contribution in [3.05, 3.63) is 48.4 Å². The second kappa shape index (κ2) is 10.4. The molecule has 0 saturated heterocycles. The maximum atomic E-state index is 6.42. The van der Waals surface area contributed by atoms with Gasteiger partial charge in [-0.05, 0) is 59.1 Å². The van der Waals surface area contributed by atoms with Gasteiger partial charge in [-0.15, -0.1) is 0 Å². The van der Waals surface area contributed by atoms with Gasteiger partial charge >= 0.3 is 0 Å². The van der Waals surface area contributed by atoms with Gasteiger partial charge in [0.1, 0.15) is 11.6 Å². The molecular weight excluding hydrogens is 452 g/mol. The molecular formula is C27H36N8O. The van der Waals surface area contributed by atoms with Crippen LogP contribution in [0.3, 0.4) is 0 Å². The zero-order chi connectivity index (χ0) is 26.0. The Hall–Kier alpha value is -3.85. The molecule has 0 fully saturated rings. The summed E-state index contributed by atoms with van der Waals surface area (Å²) in [4.78, 5) is 18.2. The molecule has 36 heavy (non-hydrogen) atoms. The van der Waals surface area contributed by atoms with E-state index in [2.05, 4.69) is 58.7 Å². The van der Waals surface area contributed by atoms with Crippen LogP contribution in [0.5, 0.6) is 5.75 Å². The second-order valence-corrected chi connectivity index (χ2v) is 9.55. The molecule has 0 aliphatic rings. The summed E-state index contributed by atoms with van der Waals surface area (Å²) in [5.41, 5.74) is 12.6. The zero-order valence-electron chi connectivity index (χ0n) is 22.2. The van der Waals surface area contributed by atoms with Crippen LogP contribution in [0.2, 0.25) is 0 Å². The van der Waals surface area contributed by atoms with E-state index in [1.54, 1.807) is 13.3 Å². The van der Waals surface area contributed by atoms with Crippen molar-refractivity contribution in [3.8, 4) is 17.0 Å². The number of nitrogens with one attached hydrogen (secondary N) is 1. The number of benzene rings is 2. The number of nitrogen functional groups attached to an aromatic ring is 1. The predicted octanol–water partition coefficient (Wildman–Crippen LogP) is 4.71. The molecule has 0 unspecified atom stereocenters. The Morgan fingerprint density at radius 2 is 1.83 bits per heavy atom. The number of nitrogens with two attached hydrogens (primary N) is 1. The Labute approximate surface area is 212 Å². The van der Waals surface area contributed by atoms with E-state index in [9.17, 15) is 0 Å². The first-order chi connectivity index (χ1) is 17.2. The van der Waals surface area contributed by atoms with Crippen LogP contribution in [-0.2, 0) is 0 Å². The number of rotatable bonds is 9. The third-order valence-electron chi connectivity index (χ3n) is 6.22. The summed E-state index contributed by atoms with van der Waals surface area (Å²) >= 11 is 0. The molecule has 2 aromatic carbocycles. The van der Waals surface area contributed by atoms with E-state index in [4.69, 9.17) is 20.4 Å². The van der Waals surface area contributed by atoms with Crippen LogP contribution in [-0.4, -0.2) is 65.8 Å². The fourth-order valence-electron chi connectivity index (χ4n) is 4.38. The van der Waals surface area contributed by atoms with Crippen LogP contribution < -0.4 is 20.7 Å². The lowest BCUT2D eigenvalue weighted by atomic mass is 10.1. The number of imidazole rings is 1. The van der Waals surface area contributed by atoms with Gasteiger partial charge in [-0.1, -0.05) is 6.07 Å². The van der Waals surface area contributed by atoms with Crippen molar-refractivity contribution < 1.29 is 4.74 Å². The molecule has 3 N–H and O–H groups in total. The third kappa shape index (κ3) is 5.21. The van der Waals surface area contributed by atoms with Gasteiger partial charge in [-0.3, -0.25) is 0 Å². The van der Waals surface area contributed by atoms with Gasteiger partial charge < -0.3 is 30.2 Å². The lowest BCUT2D eigenvalue weighted by molar-refractivity contribution is 0.413. The first-order valence-electron chi connectivity index (χ1n) is 12.1. The molecule has 0 amide bonds. The van der Waals surface area contributed by atoms with E-state index in [0.717, 1.165) is 46.9 Å². The lowest BCUT2D eigenvalue weighted by Gasteiger charge is -2.24. The van der Waals surface area contributed by atoms with E-state index in [0.29, 0.717) is 29.1 Å². The molecule has 9 nitrogen and oxygen atoms in total. The highest BCUT2D eigenvalue weighted by molar-refractivity contribution is 5.83. The molecule has 2 heterocycles. The number of aryl methyl sites for hydroxylation is 1. The number of anilines is 4. The quantitative estimate of drug-likeness (QED) is 0.327. The summed E-state index contributed by atoms with van der Waals surface area (Å²) in [5.74, 6) is 2.14. The molecule has 0 aliphatic heterocycles. The van der Waals surface area contributed by atoms with E-state index >= 15 is 0 Å². The van der Waals surface area contributed by atoms with E-state index < -0.39 is 0 Å². The molecule has 4 aromatic rings. The molecule has 0 saturated carbocycles. The topological polar surface area (TPSA) is 97.4 Å². The molecule has 0 radical (unpaired) electrons. The van der Waals surface area contributed by atoms with Crippen LogP contribution in [0.15, 0.2) is 42.6 Å². The molecule has 190 valence electrons. The molecule has 0 bridgehead atoms. The number of hydrogen-bond donors (Lipinski definition) is 2.